The molecule has 0 bridgehead atoms. The maximum atomic E-state index is 11.5. The van der Waals surface area contributed by atoms with Gasteiger partial charge in [-0.05, 0) is 38.0 Å². The molecule has 1 aromatic heterocycles. The molecule has 2 rings (SSSR count). The van der Waals surface area contributed by atoms with E-state index in [1.165, 1.54) is 6.92 Å². The highest BCUT2D eigenvalue weighted by molar-refractivity contribution is 6.01. The molecule has 1 heterocycles. The van der Waals surface area contributed by atoms with E-state index in [0.29, 0.717) is 0 Å². The Morgan fingerprint density at radius 3 is 2.60 bits per heavy atom. The summed E-state index contributed by atoms with van der Waals surface area (Å²) in [5, 5.41) is 10.1. The minimum atomic E-state index is -1.63. The Hall–Kier alpha value is -2.43. The Kier molecular flexibility index (Phi) is 3.44. The highest BCUT2D eigenvalue weighted by Gasteiger charge is 2.40. The zero-order chi connectivity index (χ0) is 14.9. The van der Waals surface area contributed by atoms with Crippen molar-refractivity contribution in [2.75, 3.05) is 0 Å². The molecule has 0 saturated carbocycles. The van der Waals surface area contributed by atoms with Gasteiger partial charge < -0.3 is 10.8 Å². The third-order valence-electron chi connectivity index (χ3n) is 3.49. The fourth-order valence-corrected chi connectivity index (χ4v) is 2.19. The number of rotatable bonds is 4. The topological polar surface area (TPSA) is 93.3 Å². The van der Waals surface area contributed by atoms with Gasteiger partial charge in [-0.15, -0.1) is 0 Å². The van der Waals surface area contributed by atoms with Crippen molar-refractivity contribution in [3.63, 3.8) is 0 Å². The standard InChI is InChI=1S/C15H16N2O3/c1-9-7-10(8-15(2,13(16)18)14(19)20)11-5-3-4-6-12(11)17-9/h3-7H,8H2,1-2H3,(H2,16,18)(H,19,20). The highest BCUT2D eigenvalue weighted by atomic mass is 16.4. The number of carbonyl (C=O) groups excluding carboxylic acids is 1. The van der Waals surface area contributed by atoms with Gasteiger partial charge in [-0.3, -0.25) is 14.6 Å². The SMILES string of the molecule is Cc1cc(CC(C)(C(N)=O)C(=O)O)c2ccccc2n1. The zero-order valence-electron chi connectivity index (χ0n) is 11.4. The summed E-state index contributed by atoms with van der Waals surface area (Å²) in [4.78, 5) is 27.3. The van der Waals surface area contributed by atoms with Crippen LogP contribution < -0.4 is 5.73 Å². The lowest BCUT2D eigenvalue weighted by Gasteiger charge is -2.21. The first kappa shape index (κ1) is 14.0. The van der Waals surface area contributed by atoms with E-state index < -0.39 is 17.3 Å². The van der Waals surface area contributed by atoms with Crippen LogP contribution in [0.25, 0.3) is 10.9 Å². The van der Waals surface area contributed by atoms with E-state index in [2.05, 4.69) is 4.98 Å². The summed E-state index contributed by atoms with van der Waals surface area (Å²) in [7, 11) is 0. The number of aliphatic carboxylic acids is 1. The molecule has 1 unspecified atom stereocenters. The molecule has 20 heavy (non-hydrogen) atoms. The number of nitrogens with two attached hydrogens (primary N) is 1. The first-order valence-electron chi connectivity index (χ1n) is 6.23. The van der Waals surface area contributed by atoms with Crippen molar-refractivity contribution in [2.45, 2.75) is 20.3 Å². The number of carboxylic acids is 1. The normalized spacial score (nSPS) is 13.9. The van der Waals surface area contributed by atoms with Gasteiger partial charge in [0.2, 0.25) is 5.91 Å². The largest absolute Gasteiger partial charge is 0.480 e. The number of para-hydroxylation sites is 1. The second kappa shape index (κ2) is 4.92. The van der Waals surface area contributed by atoms with Crippen molar-refractivity contribution in [3.05, 3.63) is 41.6 Å². The number of nitrogens with zero attached hydrogens (tertiary/aromatic N) is 1. The fraction of sp³-hybridized carbons (Fsp3) is 0.267. The number of carboxylic acid groups (broad SMARTS) is 1. The number of aryl methyl sites for hydroxylation is 1. The molecule has 5 nitrogen and oxygen atoms in total. The molecule has 1 amide bonds. The molecule has 0 aliphatic carbocycles. The Balaban J connectivity index is 2.58. The van der Waals surface area contributed by atoms with Crippen molar-refractivity contribution in [1.29, 1.82) is 0 Å². The molecule has 1 atom stereocenters. The van der Waals surface area contributed by atoms with Gasteiger partial charge >= 0.3 is 5.97 Å². The molecule has 1 aromatic carbocycles. The van der Waals surface area contributed by atoms with Gasteiger partial charge in [0.15, 0.2) is 0 Å². The van der Waals surface area contributed by atoms with Crippen LogP contribution in [-0.4, -0.2) is 22.0 Å². The molecular formula is C15H16N2O3. The molecule has 2 aromatic rings. The van der Waals surface area contributed by atoms with E-state index in [-0.39, 0.29) is 6.42 Å². The van der Waals surface area contributed by atoms with Gasteiger partial charge in [-0.25, -0.2) is 0 Å². The lowest BCUT2D eigenvalue weighted by molar-refractivity contribution is -0.153. The predicted octanol–water partition coefficient (Wildman–Crippen LogP) is 1.66. The second-order valence-corrected chi connectivity index (χ2v) is 5.12. The van der Waals surface area contributed by atoms with E-state index in [0.717, 1.165) is 22.2 Å². The van der Waals surface area contributed by atoms with Gasteiger partial charge in [0.05, 0.1) is 5.52 Å². The average molecular weight is 272 g/mol. The van der Waals surface area contributed by atoms with Crippen LogP contribution in [0, 0.1) is 12.3 Å². The highest BCUT2D eigenvalue weighted by Crippen LogP contribution is 2.27. The van der Waals surface area contributed by atoms with E-state index in [4.69, 9.17) is 5.73 Å². The van der Waals surface area contributed by atoms with Gasteiger partial charge in [0.25, 0.3) is 0 Å². The smallest absolute Gasteiger partial charge is 0.319 e. The Bertz CT molecular complexity index is 681. The molecular weight excluding hydrogens is 256 g/mol. The molecule has 104 valence electrons. The number of hydrogen-bond donors (Lipinski definition) is 2. The van der Waals surface area contributed by atoms with Crippen molar-refractivity contribution in [3.8, 4) is 0 Å². The lowest BCUT2D eigenvalue weighted by atomic mass is 9.82. The van der Waals surface area contributed by atoms with Gasteiger partial charge in [-0.1, -0.05) is 18.2 Å². The summed E-state index contributed by atoms with van der Waals surface area (Å²) in [5.74, 6) is -2.06. The second-order valence-electron chi connectivity index (χ2n) is 5.12. The van der Waals surface area contributed by atoms with Crippen molar-refractivity contribution in [1.82, 2.24) is 4.98 Å². The Morgan fingerprint density at radius 1 is 1.35 bits per heavy atom. The van der Waals surface area contributed by atoms with Crippen LogP contribution in [0.4, 0.5) is 0 Å². The van der Waals surface area contributed by atoms with E-state index >= 15 is 0 Å². The number of carbonyl (C=O) groups is 2. The predicted molar refractivity (Wildman–Crippen MR) is 75.1 cm³/mol. The molecule has 0 saturated heterocycles. The average Bonchev–Trinajstić information content (AvgIpc) is 2.37. The first-order valence-corrected chi connectivity index (χ1v) is 6.23. The number of primary amides is 1. The number of pyridine rings is 1. The number of hydrogen-bond acceptors (Lipinski definition) is 3. The van der Waals surface area contributed by atoms with Gasteiger partial charge in [-0.2, -0.15) is 0 Å². The van der Waals surface area contributed by atoms with Gasteiger partial charge in [0.1, 0.15) is 5.41 Å². The molecule has 0 radical (unpaired) electrons. The Morgan fingerprint density at radius 2 is 2.00 bits per heavy atom. The summed E-state index contributed by atoms with van der Waals surface area (Å²) in [6, 6.07) is 9.23. The number of amides is 1. The monoisotopic (exact) mass is 272 g/mol. The van der Waals surface area contributed by atoms with Crippen molar-refractivity contribution >= 4 is 22.8 Å². The quantitative estimate of drug-likeness (QED) is 0.828. The molecule has 0 aliphatic heterocycles. The number of aromatic nitrogens is 1. The van der Waals surface area contributed by atoms with Crippen LogP contribution in [0.15, 0.2) is 30.3 Å². The summed E-state index contributed by atoms with van der Waals surface area (Å²) in [5.41, 5.74) is 5.95. The van der Waals surface area contributed by atoms with Crippen LogP contribution in [0.1, 0.15) is 18.2 Å². The number of benzene rings is 1. The third-order valence-corrected chi connectivity index (χ3v) is 3.49. The summed E-state index contributed by atoms with van der Waals surface area (Å²) in [6.07, 6.45) is 0.0432. The summed E-state index contributed by atoms with van der Waals surface area (Å²) >= 11 is 0. The minimum absolute atomic E-state index is 0.0432. The lowest BCUT2D eigenvalue weighted by Crippen LogP contribution is -2.43. The number of fused-ring (bicyclic) bond motifs is 1. The molecule has 0 spiro atoms. The minimum Gasteiger partial charge on any atom is -0.480 e. The maximum Gasteiger partial charge on any atom is 0.319 e. The first-order chi connectivity index (χ1) is 9.34. The van der Waals surface area contributed by atoms with Crippen LogP contribution in [0.5, 0.6) is 0 Å². The molecule has 0 aliphatic rings. The van der Waals surface area contributed by atoms with Crippen molar-refractivity contribution < 1.29 is 14.7 Å². The van der Waals surface area contributed by atoms with Crippen molar-refractivity contribution in [2.24, 2.45) is 11.1 Å². The summed E-state index contributed by atoms with van der Waals surface area (Å²) < 4.78 is 0. The molecule has 5 heteroatoms. The molecule has 3 N–H and O–H groups in total. The van der Waals surface area contributed by atoms with Crippen LogP contribution in [0.2, 0.25) is 0 Å². The zero-order valence-corrected chi connectivity index (χ0v) is 11.4. The fourth-order valence-electron chi connectivity index (χ4n) is 2.19. The third kappa shape index (κ3) is 2.34. The van der Waals surface area contributed by atoms with Gasteiger partial charge in [0, 0.05) is 11.1 Å². The van der Waals surface area contributed by atoms with E-state index in [9.17, 15) is 14.7 Å². The Labute approximate surface area is 116 Å². The maximum absolute atomic E-state index is 11.5. The van der Waals surface area contributed by atoms with E-state index in [1.807, 2.05) is 31.2 Å². The van der Waals surface area contributed by atoms with Crippen LogP contribution >= 0.6 is 0 Å². The summed E-state index contributed by atoms with van der Waals surface area (Å²) in [6.45, 7) is 3.18. The van der Waals surface area contributed by atoms with Crippen LogP contribution in [0.3, 0.4) is 0 Å². The molecule has 0 fully saturated rings. The van der Waals surface area contributed by atoms with Crippen LogP contribution in [-0.2, 0) is 16.0 Å². The van der Waals surface area contributed by atoms with E-state index in [1.54, 1.807) is 6.07 Å².